The van der Waals surface area contributed by atoms with Gasteiger partial charge in [0, 0.05) is 18.8 Å². The third-order valence-electron chi connectivity index (χ3n) is 4.54. The molecule has 2 aliphatic rings. The van der Waals surface area contributed by atoms with Crippen LogP contribution < -0.4 is 5.32 Å². The number of hydrogen-bond donors (Lipinski definition) is 1. The molecule has 5 heteroatoms. The Morgan fingerprint density at radius 2 is 1.86 bits per heavy atom. The number of benzene rings is 1. The lowest BCUT2D eigenvalue weighted by atomic mass is 10.1. The Hall–Kier alpha value is -1.88. The fraction of sp³-hybridized carbons (Fsp3) is 0.529. The van der Waals surface area contributed by atoms with Gasteiger partial charge in [-0.1, -0.05) is 6.07 Å². The van der Waals surface area contributed by atoms with E-state index in [9.17, 15) is 9.59 Å². The van der Waals surface area contributed by atoms with Crippen molar-refractivity contribution in [3.8, 4) is 0 Å². The summed E-state index contributed by atoms with van der Waals surface area (Å²) in [5.74, 6) is -0.278. The lowest BCUT2D eigenvalue weighted by molar-refractivity contribution is -0.137. The van der Waals surface area contributed by atoms with E-state index in [0.29, 0.717) is 32.7 Å². The molecule has 0 spiro atoms. The van der Waals surface area contributed by atoms with E-state index in [1.807, 2.05) is 36.9 Å². The first-order valence-corrected chi connectivity index (χ1v) is 7.81. The molecule has 22 heavy (non-hydrogen) atoms. The minimum atomic E-state index is -0.183. The fourth-order valence-electron chi connectivity index (χ4n) is 2.83. The third-order valence-corrected chi connectivity index (χ3v) is 4.54. The Labute approximate surface area is 130 Å². The van der Waals surface area contributed by atoms with Gasteiger partial charge in [-0.25, -0.2) is 0 Å². The van der Waals surface area contributed by atoms with E-state index in [2.05, 4.69) is 5.32 Å². The van der Waals surface area contributed by atoms with Gasteiger partial charge in [-0.3, -0.25) is 9.59 Å². The summed E-state index contributed by atoms with van der Waals surface area (Å²) in [6, 6.07) is 5.87. The smallest absolute Gasteiger partial charge is 0.228 e. The largest absolute Gasteiger partial charge is 0.378 e. The number of amides is 2. The van der Waals surface area contributed by atoms with Gasteiger partial charge in [-0.2, -0.15) is 0 Å². The molecule has 1 saturated heterocycles. The van der Waals surface area contributed by atoms with Gasteiger partial charge in [0.2, 0.25) is 11.8 Å². The van der Waals surface area contributed by atoms with Crippen LogP contribution in [0, 0.1) is 25.7 Å². The van der Waals surface area contributed by atoms with Gasteiger partial charge in [0.05, 0.1) is 25.0 Å². The molecule has 2 amide bonds. The molecule has 1 aliphatic heterocycles. The maximum Gasteiger partial charge on any atom is 0.228 e. The highest BCUT2D eigenvalue weighted by molar-refractivity contribution is 5.99. The molecular formula is C17H22N2O3. The summed E-state index contributed by atoms with van der Waals surface area (Å²) in [6.45, 7) is 6.53. The number of carbonyl (C=O) groups excluding carboxylic acids is 2. The van der Waals surface area contributed by atoms with Gasteiger partial charge >= 0.3 is 0 Å². The van der Waals surface area contributed by atoms with Crippen LogP contribution >= 0.6 is 0 Å². The number of carbonyl (C=O) groups is 2. The number of hydrogen-bond acceptors (Lipinski definition) is 3. The maximum atomic E-state index is 12.3. The highest BCUT2D eigenvalue weighted by Gasteiger charge is 2.49. The zero-order chi connectivity index (χ0) is 15.7. The Balaban J connectivity index is 1.55. The zero-order valence-electron chi connectivity index (χ0n) is 13.1. The van der Waals surface area contributed by atoms with Crippen LogP contribution in [0.3, 0.4) is 0 Å². The second-order valence-corrected chi connectivity index (χ2v) is 6.17. The van der Waals surface area contributed by atoms with Crippen molar-refractivity contribution in [1.82, 2.24) is 4.90 Å². The maximum absolute atomic E-state index is 12.3. The number of nitrogens with zero attached hydrogens (tertiary/aromatic N) is 1. The summed E-state index contributed by atoms with van der Waals surface area (Å²) in [6.07, 6.45) is 0.660. The standard InChI is InChI=1S/C17H22N2O3/c1-11-3-4-13(9-12(11)2)18-16(20)14-10-15(14)17(21)19-5-7-22-8-6-19/h3-4,9,14-15H,5-8,10H2,1-2H3,(H,18,20). The van der Waals surface area contributed by atoms with Crippen LogP contribution in [0.1, 0.15) is 17.5 Å². The van der Waals surface area contributed by atoms with Crippen LogP contribution in [0.25, 0.3) is 0 Å². The number of anilines is 1. The van der Waals surface area contributed by atoms with Crippen LogP contribution in [0.15, 0.2) is 18.2 Å². The molecule has 1 heterocycles. The minimum Gasteiger partial charge on any atom is -0.378 e. The number of ether oxygens (including phenoxy) is 1. The van der Waals surface area contributed by atoms with Gasteiger partial charge < -0.3 is 15.0 Å². The number of aryl methyl sites for hydroxylation is 2. The molecule has 1 aromatic rings. The fourth-order valence-corrected chi connectivity index (χ4v) is 2.83. The van der Waals surface area contributed by atoms with Crippen molar-refractivity contribution in [3.63, 3.8) is 0 Å². The van der Waals surface area contributed by atoms with Crippen molar-refractivity contribution in [2.45, 2.75) is 20.3 Å². The normalized spacial score (nSPS) is 24.0. The Kier molecular flexibility index (Phi) is 4.16. The van der Waals surface area contributed by atoms with Crippen molar-refractivity contribution >= 4 is 17.5 Å². The van der Waals surface area contributed by atoms with Crippen LogP contribution in [0.4, 0.5) is 5.69 Å². The van der Waals surface area contributed by atoms with Crippen molar-refractivity contribution in [2.75, 3.05) is 31.6 Å². The number of morpholine rings is 1. The second kappa shape index (κ2) is 6.08. The molecule has 1 N–H and O–H groups in total. The van der Waals surface area contributed by atoms with Crippen LogP contribution in [0.2, 0.25) is 0 Å². The van der Waals surface area contributed by atoms with E-state index in [-0.39, 0.29) is 23.7 Å². The molecule has 118 valence electrons. The van der Waals surface area contributed by atoms with Gasteiger partial charge in [-0.05, 0) is 43.5 Å². The highest BCUT2D eigenvalue weighted by atomic mass is 16.5. The summed E-state index contributed by atoms with van der Waals surface area (Å²) in [7, 11) is 0. The topological polar surface area (TPSA) is 58.6 Å². The van der Waals surface area contributed by atoms with E-state index in [0.717, 1.165) is 11.3 Å². The lowest BCUT2D eigenvalue weighted by Gasteiger charge is -2.27. The molecule has 0 aromatic heterocycles. The molecule has 1 aliphatic carbocycles. The van der Waals surface area contributed by atoms with Crippen molar-refractivity contribution in [2.24, 2.45) is 11.8 Å². The lowest BCUT2D eigenvalue weighted by Crippen LogP contribution is -2.42. The van der Waals surface area contributed by atoms with Crippen molar-refractivity contribution in [1.29, 1.82) is 0 Å². The van der Waals surface area contributed by atoms with Gasteiger partial charge in [0.1, 0.15) is 0 Å². The van der Waals surface area contributed by atoms with Crippen LogP contribution in [-0.2, 0) is 14.3 Å². The summed E-state index contributed by atoms with van der Waals surface area (Å²) >= 11 is 0. The molecule has 1 saturated carbocycles. The summed E-state index contributed by atoms with van der Waals surface area (Å²) in [5.41, 5.74) is 3.15. The molecule has 1 aromatic carbocycles. The average Bonchev–Trinajstić information content (AvgIpc) is 3.32. The predicted molar refractivity (Wildman–Crippen MR) is 83.5 cm³/mol. The first-order chi connectivity index (χ1) is 10.6. The first-order valence-electron chi connectivity index (χ1n) is 7.81. The van der Waals surface area contributed by atoms with Crippen LogP contribution in [0.5, 0.6) is 0 Å². The summed E-state index contributed by atoms with van der Waals surface area (Å²) in [5, 5.41) is 2.93. The molecule has 2 atom stereocenters. The molecule has 2 fully saturated rings. The molecule has 2 unspecified atom stereocenters. The minimum absolute atomic E-state index is 0.0464. The van der Waals surface area contributed by atoms with E-state index >= 15 is 0 Å². The van der Waals surface area contributed by atoms with Crippen LogP contribution in [-0.4, -0.2) is 43.0 Å². The molecule has 0 radical (unpaired) electrons. The zero-order valence-corrected chi connectivity index (χ0v) is 13.1. The third kappa shape index (κ3) is 3.14. The SMILES string of the molecule is Cc1ccc(NC(=O)C2CC2C(=O)N2CCOCC2)cc1C. The first kappa shape index (κ1) is 15.0. The quantitative estimate of drug-likeness (QED) is 0.925. The predicted octanol–water partition coefficient (Wildman–Crippen LogP) is 1.74. The molecule has 3 rings (SSSR count). The van der Waals surface area contributed by atoms with E-state index in [4.69, 9.17) is 4.74 Å². The summed E-state index contributed by atoms with van der Waals surface area (Å²) in [4.78, 5) is 26.4. The Bertz CT molecular complexity index is 594. The van der Waals surface area contributed by atoms with Gasteiger partial charge in [0.25, 0.3) is 0 Å². The van der Waals surface area contributed by atoms with E-state index in [1.165, 1.54) is 5.56 Å². The Morgan fingerprint density at radius 3 is 2.55 bits per heavy atom. The molecular weight excluding hydrogens is 280 g/mol. The number of rotatable bonds is 3. The monoisotopic (exact) mass is 302 g/mol. The molecule has 5 nitrogen and oxygen atoms in total. The highest BCUT2D eigenvalue weighted by Crippen LogP contribution is 2.41. The van der Waals surface area contributed by atoms with E-state index < -0.39 is 0 Å². The molecule has 0 bridgehead atoms. The second-order valence-electron chi connectivity index (χ2n) is 6.17. The number of nitrogens with one attached hydrogen (secondary N) is 1. The van der Waals surface area contributed by atoms with Gasteiger partial charge in [-0.15, -0.1) is 0 Å². The van der Waals surface area contributed by atoms with Crippen molar-refractivity contribution in [3.05, 3.63) is 29.3 Å². The summed E-state index contributed by atoms with van der Waals surface area (Å²) < 4.78 is 5.25. The average molecular weight is 302 g/mol. The van der Waals surface area contributed by atoms with E-state index in [1.54, 1.807) is 0 Å². The van der Waals surface area contributed by atoms with Gasteiger partial charge in [0.15, 0.2) is 0 Å². The van der Waals surface area contributed by atoms with Crippen molar-refractivity contribution < 1.29 is 14.3 Å². The Morgan fingerprint density at radius 1 is 1.14 bits per heavy atom.